The van der Waals surface area contributed by atoms with E-state index in [1.807, 2.05) is 18.2 Å². The van der Waals surface area contributed by atoms with Crippen LogP contribution in [0.5, 0.6) is 0 Å². The topological polar surface area (TPSA) is 46.2 Å². The molecule has 21 heavy (non-hydrogen) atoms. The van der Waals surface area contributed by atoms with Gasteiger partial charge in [-0.25, -0.2) is 0 Å². The number of benzene rings is 2. The molecule has 0 aliphatic rings. The summed E-state index contributed by atoms with van der Waals surface area (Å²) in [4.78, 5) is 0.0757. The third kappa shape index (κ3) is 4.49. The maximum atomic E-state index is 12.2. The molecule has 0 amide bonds. The zero-order chi connectivity index (χ0) is 15.5. The predicted molar refractivity (Wildman–Crippen MR) is 76.7 cm³/mol. The molecule has 0 aromatic heterocycles. The third-order valence-corrected chi connectivity index (χ3v) is 3.72. The summed E-state index contributed by atoms with van der Waals surface area (Å²) >= 11 is -0.187. The standard InChI is InChI=1S/C15H14F3NOS/c16-15(17,18)21-12-8-6-11(7-9-12)14(20)13(19)10-4-2-1-3-5-10/h1-9,13-14,20H,19H2. The molecule has 2 aromatic rings. The highest BCUT2D eigenvalue weighted by Crippen LogP contribution is 2.37. The van der Waals surface area contributed by atoms with Crippen molar-refractivity contribution < 1.29 is 18.3 Å². The van der Waals surface area contributed by atoms with E-state index < -0.39 is 17.7 Å². The molecule has 0 bridgehead atoms. The first kappa shape index (κ1) is 15.9. The fourth-order valence-corrected chi connectivity index (χ4v) is 2.47. The number of alkyl halides is 3. The van der Waals surface area contributed by atoms with Crippen LogP contribution in [-0.4, -0.2) is 10.6 Å². The summed E-state index contributed by atoms with van der Waals surface area (Å²) < 4.78 is 36.7. The molecule has 0 radical (unpaired) electrons. The van der Waals surface area contributed by atoms with Gasteiger partial charge in [0.2, 0.25) is 0 Å². The Morgan fingerprint density at radius 3 is 2.00 bits per heavy atom. The molecule has 0 aliphatic carbocycles. The molecule has 2 nitrogen and oxygen atoms in total. The van der Waals surface area contributed by atoms with Gasteiger partial charge < -0.3 is 10.8 Å². The Hall–Kier alpha value is -1.50. The van der Waals surface area contributed by atoms with Crippen LogP contribution in [0.25, 0.3) is 0 Å². The summed E-state index contributed by atoms with van der Waals surface area (Å²) in [6.45, 7) is 0. The predicted octanol–water partition coefficient (Wildman–Crippen LogP) is 4.03. The van der Waals surface area contributed by atoms with Gasteiger partial charge in [-0.2, -0.15) is 13.2 Å². The van der Waals surface area contributed by atoms with Gasteiger partial charge in [0, 0.05) is 4.90 Å². The lowest BCUT2D eigenvalue weighted by atomic mass is 9.97. The molecule has 112 valence electrons. The highest BCUT2D eigenvalue weighted by molar-refractivity contribution is 8.00. The van der Waals surface area contributed by atoms with Crippen LogP contribution in [0.4, 0.5) is 13.2 Å². The second-order valence-electron chi connectivity index (χ2n) is 4.50. The average molecular weight is 313 g/mol. The molecule has 0 heterocycles. The molecule has 0 fully saturated rings. The Labute approximate surface area is 124 Å². The smallest absolute Gasteiger partial charge is 0.386 e. The van der Waals surface area contributed by atoms with E-state index in [0.29, 0.717) is 5.56 Å². The van der Waals surface area contributed by atoms with Gasteiger partial charge in [-0.05, 0) is 35.0 Å². The minimum atomic E-state index is -4.32. The van der Waals surface area contributed by atoms with Crippen molar-refractivity contribution in [2.45, 2.75) is 22.5 Å². The van der Waals surface area contributed by atoms with E-state index >= 15 is 0 Å². The Morgan fingerprint density at radius 2 is 1.48 bits per heavy atom. The van der Waals surface area contributed by atoms with E-state index in [0.717, 1.165) is 5.56 Å². The van der Waals surface area contributed by atoms with Crippen LogP contribution in [0.1, 0.15) is 23.3 Å². The molecule has 6 heteroatoms. The van der Waals surface area contributed by atoms with Gasteiger partial charge in [0.05, 0.1) is 12.1 Å². The number of hydrogen-bond donors (Lipinski definition) is 2. The van der Waals surface area contributed by atoms with E-state index in [2.05, 4.69) is 0 Å². The van der Waals surface area contributed by atoms with E-state index in [4.69, 9.17) is 5.73 Å². The van der Waals surface area contributed by atoms with Crippen molar-refractivity contribution in [1.82, 2.24) is 0 Å². The molecule has 0 saturated carbocycles. The fourth-order valence-electron chi connectivity index (χ4n) is 1.93. The number of halogens is 3. The van der Waals surface area contributed by atoms with Crippen molar-refractivity contribution in [3.8, 4) is 0 Å². The van der Waals surface area contributed by atoms with Gasteiger partial charge in [0.25, 0.3) is 0 Å². The lowest BCUT2D eigenvalue weighted by molar-refractivity contribution is -0.0328. The van der Waals surface area contributed by atoms with Crippen molar-refractivity contribution >= 4 is 11.8 Å². The highest BCUT2D eigenvalue weighted by atomic mass is 32.2. The summed E-state index contributed by atoms with van der Waals surface area (Å²) in [7, 11) is 0. The summed E-state index contributed by atoms with van der Waals surface area (Å²) in [5.41, 5.74) is 2.90. The summed E-state index contributed by atoms with van der Waals surface area (Å²) in [5, 5.41) is 10.2. The normalized spacial score (nSPS) is 14.7. The van der Waals surface area contributed by atoms with Crippen LogP contribution in [0.15, 0.2) is 59.5 Å². The van der Waals surface area contributed by atoms with Gasteiger partial charge in [0.1, 0.15) is 0 Å². The second kappa shape index (κ2) is 6.51. The first-order valence-electron chi connectivity index (χ1n) is 6.21. The van der Waals surface area contributed by atoms with Crippen molar-refractivity contribution in [3.05, 3.63) is 65.7 Å². The molecule has 0 spiro atoms. The molecular formula is C15H14F3NOS. The number of nitrogens with two attached hydrogens (primary N) is 1. The SMILES string of the molecule is NC(c1ccccc1)C(O)c1ccc(SC(F)(F)F)cc1. The summed E-state index contributed by atoms with van der Waals surface area (Å²) in [6, 6.07) is 14.0. The molecule has 2 unspecified atom stereocenters. The van der Waals surface area contributed by atoms with Gasteiger partial charge in [-0.3, -0.25) is 0 Å². The van der Waals surface area contributed by atoms with E-state index in [1.165, 1.54) is 24.3 Å². The van der Waals surface area contributed by atoms with Crippen LogP contribution < -0.4 is 5.73 Å². The number of thioether (sulfide) groups is 1. The first-order chi connectivity index (χ1) is 9.87. The largest absolute Gasteiger partial charge is 0.446 e. The quantitative estimate of drug-likeness (QED) is 0.838. The zero-order valence-electron chi connectivity index (χ0n) is 10.9. The molecular weight excluding hydrogens is 299 g/mol. The van der Waals surface area contributed by atoms with E-state index in [9.17, 15) is 18.3 Å². The molecule has 3 N–H and O–H groups in total. The zero-order valence-corrected chi connectivity index (χ0v) is 11.7. The number of aliphatic hydroxyl groups excluding tert-OH is 1. The van der Waals surface area contributed by atoms with Gasteiger partial charge >= 0.3 is 5.51 Å². The molecule has 2 aromatic carbocycles. The number of rotatable bonds is 4. The van der Waals surface area contributed by atoms with Gasteiger partial charge in [-0.1, -0.05) is 42.5 Å². The summed E-state index contributed by atoms with van der Waals surface area (Å²) in [5.74, 6) is 0. The fraction of sp³-hybridized carbons (Fsp3) is 0.200. The monoisotopic (exact) mass is 313 g/mol. The minimum absolute atomic E-state index is 0.0757. The first-order valence-corrected chi connectivity index (χ1v) is 7.03. The summed E-state index contributed by atoms with van der Waals surface area (Å²) in [6.07, 6.45) is -0.975. The molecule has 2 atom stereocenters. The number of aliphatic hydroxyl groups is 1. The van der Waals surface area contributed by atoms with Crippen LogP contribution in [-0.2, 0) is 0 Å². The average Bonchev–Trinajstić information content (AvgIpc) is 2.46. The van der Waals surface area contributed by atoms with Gasteiger partial charge in [0.15, 0.2) is 0 Å². The Balaban J connectivity index is 2.11. The Morgan fingerprint density at radius 1 is 0.905 bits per heavy atom. The van der Waals surface area contributed by atoms with Gasteiger partial charge in [-0.15, -0.1) is 0 Å². The van der Waals surface area contributed by atoms with Crippen molar-refractivity contribution in [2.24, 2.45) is 5.73 Å². The maximum absolute atomic E-state index is 12.2. The van der Waals surface area contributed by atoms with Crippen molar-refractivity contribution in [1.29, 1.82) is 0 Å². The van der Waals surface area contributed by atoms with Crippen LogP contribution in [0, 0.1) is 0 Å². The molecule has 0 saturated heterocycles. The van der Waals surface area contributed by atoms with Crippen molar-refractivity contribution in [3.63, 3.8) is 0 Å². The molecule has 2 rings (SSSR count). The Bertz CT molecular complexity index is 572. The van der Waals surface area contributed by atoms with E-state index in [-0.39, 0.29) is 16.7 Å². The Kier molecular flexibility index (Phi) is 4.92. The highest BCUT2D eigenvalue weighted by Gasteiger charge is 2.29. The maximum Gasteiger partial charge on any atom is 0.446 e. The van der Waals surface area contributed by atoms with E-state index in [1.54, 1.807) is 12.1 Å². The third-order valence-electron chi connectivity index (χ3n) is 2.98. The minimum Gasteiger partial charge on any atom is -0.386 e. The lowest BCUT2D eigenvalue weighted by Gasteiger charge is -2.20. The van der Waals surface area contributed by atoms with Crippen LogP contribution in [0.3, 0.4) is 0 Å². The van der Waals surface area contributed by atoms with Crippen LogP contribution >= 0.6 is 11.8 Å². The number of hydrogen-bond acceptors (Lipinski definition) is 3. The van der Waals surface area contributed by atoms with Crippen molar-refractivity contribution in [2.75, 3.05) is 0 Å². The van der Waals surface area contributed by atoms with Crippen LogP contribution in [0.2, 0.25) is 0 Å². The lowest BCUT2D eigenvalue weighted by Crippen LogP contribution is -2.19. The second-order valence-corrected chi connectivity index (χ2v) is 5.64. The molecule has 0 aliphatic heterocycles.